The van der Waals surface area contributed by atoms with Crippen molar-refractivity contribution in [3.8, 4) is 5.69 Å². The molecule has 1 N–H and O–H groups in total. The molecular formula is C27H26N4O3. The number of fused-ring (bicyclic) bond motifs is 1. The summed E-state index contributed by atoms with van der Waals surface area (Å²) in [5.74, 6) is -0.321. The van der Waals surface area contributed by atoms with Gasteiger partial charge in [-0.25, -0.2) is 0 Å². The Morgan fingerprint density at radius 2 is 1.50 bits per heavy atom. The maximum absolute atomic E-state index is 13.1. The monoisotopic (exact) mass is 454 g/mol. The summed E-state index contributed by atoms with van der Waals surface area (Å²) in [5, 5.41) is 8.40. The molecule has 3 aromatic carbocycles. The molecule has 1 aliphatic rings. The van der Waals surface area contributed by atoms with Crippen molar-refractivity contribution in [1.82, 2.24) is 20.0 Å². The minimum atomic E-state index is -0.321. The van der Waals surface area contributed by atoms with Crippen LogP contribution in [0.1, 0.15) is 21.6 Å². The van der Waals surface area contributed by atoms with Crippen LogP contribution in [0.2, 0.25) is 0 Å². The standard InChI is InChI=1S/C27H26N4O3/c32-26(28-18-20-10-12-21(13-11-20)19-30-14-16-34-17-15-30)25-23-8-4-5-9-24(23)27(33)31(29-25)22-6-2-1-3-7-22/h1-13H,14-19H2,(H,28,32). The van der Waals surface area contributed by atoms with Crippen LogP contribution < -0.4 is 10.9 Å². The molecule has 1 aliphatic heterocycles. The summed E-state index contributed by atoms with van der Waals surface area (Å²) < 4.78 is 6.70. The van der Waals surface area contributed by atoms with E-state index in [1.54, 1.807) is 36.4 Å². The van der Waals surface area contributed by atoms with Crippen LogP contribution in [0.5, 0.6) is 0 Å². The van der Waals surface area contributed by atoms with Gasteiger partial charge in [-0.2, -0.15) is 9.78 Å². The molecule has 0 aliphatic carbocycles. The molecule has 0 unspecified atom stereocenters. The lowest BCUT2D eigenvalue weighted by Gasteiger charge is -2.26. The smallest absolute Gasteiger partial charge is 0.279 e. The van der Waals surface area contributed by atoms with Crippen molar-refractivity contribution in [2.75, 3.05) is 26.3 Å². The Kier molecular flexibility index (Phi) is 6.46. The molecule has 0 saturated carbocycles. The SMILES string of the molecule is O=C(NCc1ccc(CN2CCOCC2)cc1)c1nn(-c2ccccc2)c(=O)c2ccccc12. The second kappa shape index (κ2) is 9.99. The lowest BCUT2D eigenvalue weighted by Crippen LogP contribution is -2.35. The van der Waals surface area contributed by atoms with Gasteiger partial charge in [0.1, 0.15) is 0 Å². The molecule has 1 fully saturated rings. The third-order valence-electron chi connectivity index (χ3n) is 6.01. The van der Waals surface area contributed by atoms with Crippen LogP contribution in [0, 0.1) is 0 Å². The van der Waals surface area contributed by atoms with Crippen molar-refractivity contribution in [2.45, 2.75) is 13.1 Å². The van der Waals surface area contributed by atoms with Crippen molar-refractivity contribution in [3.05, 3.63) is 106 Å². The van der Waals surface area contributed by atoms with Gasteiger partial charge in [-0.05, 0) is 29.3 Å². The van der Waals surface area contributed by atoms with Crippen LogP contribution >= 0.6 is 0 Å². The second-order valence-corrected chi connectivity index (χ2v) is 8.33. The van der Waals surface area contributed by atoms with Gasteiger partial charge in [0.2, 0.25) is 0 Å². The first kappa shape index (κ1) is 22.0. The van der Waals surface area contributed by atoms with E-state index in [1.807, 2.05) is 30.3 Å². The van der Waals surface area contributed by atoms with E-state index in [0.717, 1.165) is 38.4 Å². The summed E-state index contributed by atoms with van der Waals surface area (Å²) in [6.07, 6.45) is 0. The lowest BCUT2D eigenvalue weighted by atomic mass is 10.1. The van der Waals surface area contributed by atoms with Crippen LogP contribution in [0.3, 0.4) is 0 Å². The molecule has 2 heterocycles. The molecule has 1 aromatic heterocycles. The molecule has 7 heteroatoms. The molecule has 0 atom stereocenters. The highest BCUT2D eigenvalue weighted by Crippen LogP contribution is 2.16. The summed E-state index contributed by atoms with van der Waals surface area (Å²) in [4.78, 5) is 28.5. The minimum Gasteiger partial charge on any atom is -0.379 e. The second-order valence-electron chi connectivity index (χ2n) is 8.33. The zero-order chi connectivity index (χ0) is 23.3. The summed E-state index contributed by atoms with van der Waals surface area (Å²) >= 11 is 0. The Bertz CT molecular complexity index is 1340. The van der Waals surface area contributed by atoms with Gasteiger partial charge in [0.15, 0.2) is 5.69 Å². The fourth-order valence-corrected chi connectivity index (χ4v) is 4.15. The number of para-hydroxylation sites is 1. The van der Waals surface area contributed by atoms with E-state index in [-0.39, 0.29) is 17.2 Å². The van der Waals surface area contributed by atoms with Crippen LogP contribution in [-0.4, -0.2) is 46.9 Å². The predicted molar refractivity (Wildman–Crippen MR) is 131 cm³/mol. The van der Waals surface area contributed by atoms with E-state index in [1.165, 1.54) is 10.2 Å². The quantitative estimate of drug-likeness (QED) is 0.484. The Hall–Kier alpha value is -3.81. The number of nitrogens with one attached hydrogen (secondary N) is 1. The largest absolute Gasteiger partial charge is 0.379 e. The first-order valence-corrected chi connectivity index (χ1v) is 11.4. The number of amides is 1. The highest BCUT2D eigenvalue weighted by Gasteiger charge is 2.17. The summed E-state index contributed by atoms with van der Waals surface area (Å²) in [6.45, 7) is 4.73. The molecule has 1 saturated heterocycles. The Labute approximate surface area is 197 Å². The van der Waals surface area contributed by atoms with E-state index in [4.69, 9.17) is 4.74 Å². The van der Waals surface area contributed by atoms with Gasteiger partial charge in [-0.3, -0.25) is 14.5 Å². The predicted octanol–water partition coefficient (Wildman–Crippen LogP) is 3.15. The maximum atomic E-state index is 13.1. The van der Waals surface area contributed by atoms with E-state index in [2.05, 4.69) is 27.4 Å². The van der Waals surface area contributed by atoms with Crippen molar-refractivity contribution >= 4 is 16.7 Å². The van der Waals surface area contributed by atoms with Crippen molar-refractivity contribution in [3.63, 3.8) is 0 Å². The Morgan fingerprint density at radius 3 is 2.24 bits per heavy atom. The highest BCUT2D eigenvalue weighted by molar-refractivity contribution is 6.04. The third kappa shape index (κ3) is 4.76. The number of morpholine rings is 1. The number of rotatable bonds is 6. The summed E-state index contributed by atoms with van der Waals surface area (Å²) in [5.41, 5.74) is 2.82. The molecule has 7 nitrogen and oxygen atoms in total. The van der Waals surface area contributed by atoms with Crippen molar-refractivity contribution < 1.29 is 9.53 Å². The van der Waals surface area contributed by atoms with E-state index < -0.39 is 0 Å². The lowest BCUT2D eigenvalue weighted by molar-refractivity contribution is 0.0342. The number of ether oxygens (including phenoxy) is 1. The molecule has 5 rings (SSSR count). The van der Waals surface area contributed by atoms with Gasteiger partial charge in [-0.15, -0.1) is 0 Å². The third-order valence-corrected chi connectivity index (χ3v) is 6.01. The number of benzene rings is 3. The fourth-order valence-electron chi connectivity index (χ4n) is 4.15. The minimum absolute atomic E-state index is 0.225. The zero-order valence-electron chi connectivity index (χ0n) is 18.8. The molecule has 34 heavy (non-hydrogen) atoms. The molecule has 4 aromatic rings. The summed E-state index contributed by atoms with van der Waals surface area (Å²) in [7, 11) is 0. The number of nitrogens with zero attached hydrogens (tertiary/aromatic N) is 3. The molecule has 0 radical (unpaired) electrons. The van der Waals surface area contributed by atoms with Crippen molar-refractivity contribution in [2.24, 2.45) is 0 Å². The van der Waals surface area contributed by atoms with Gasteiger partial charge in [-0.1, -0.05) is 60.7 Å². The average molecular weight is 455 g/mol. The van der Waals surface area contributed by atoms with Crippen molar-refractivity contribution in [1.29, 1.82) is 0 Å². The van der Waals surface area contributed by atoms with Gasteiger partial charge in [0, 0.05) is 31.6 Å². The highest BCUT2D eigenvalue weighted by atomic mass is 16.5. The van der Waals surface area contributed by atoms with Gasteiger partial charge in [0.25, 0.3) is 11.5 Å². The van der Waals surface area contributed by atoms with Crippen LogP contribution in [0.25, 0.3) is 16.5 Å². The molecule has 1 amide bonds. The average Bonchev–Trinajstić information content (AvgIpc) is 2.89. The topological polar surface area (TPSA) is 76.5 Å². The number of carbonyl (C=O) groups is 1. The van der Waals surface area contributed by atoms with Crippen LogP contribution in [0.4, 0.5) is 0 Å². The molecule has 0 bridgehead atoms. The van der Waals surface area contributed by atoms with Crippen LogP contribution in [0.15, 0.2) is 83.7 Å². The van der Waals surface area contributed by atoms with Gasteiger partial charge < -0.3 is 10.1 Å². The Morgan fingerprint density at radius 1 is 0.853 bits per heavy atom. The molecule has 172 valence electrons. The normalized spacial score (nSPS) is 14.2. The summed E-state index contributed by atoms with van der Waals surface area (Å²) in [6, 6.07) is 24.5. The Balaban J connectivity index is 1.34. The van der Waals surface area contributed by atoms with Gasteiger partial charge >= 0.3 is 0 Å². The number of aromatic nitrogens is 2. The van der Waals surface area contributed by atoms with Gasteiger partial charge in [0.05, 0.1) is 24.3 Å². The number of carbonyl (C=O) groups excluding carboxylic acids is 1. The number of hydrogen-bond donors (Lipinski definition) is 1. The fraction of sp³-hybridized carbons (Fsp3) is 0.222. The maximum Gasteiger partial charge on any atom is 0.279 e. The zero-order valence-corrected chi connectivity index (χ0v) is 18.8. The first-order chi connectivity index (χ1) is 16.7. The van der Waals surface area contributed by atoms with E-state index >= 15 is 0 Å². The van der Waals surface area contributed by atoms with E-state index in [9.17, 15) is 9.59 Å². The first-order valence-electron chi connectivity index (χ1n) is 11.4. The van der Waals surface area contributed by atoms with Crippen LogP contribution in [-0.2, 0) is 17.8 Å². The number of hydrogen-bond acceptors (Lipinski definition) is 5. The molecule has 0 spiro atoms. The molecular weight excluding hydrogens is 428 g/mol. The van der Waals surface area contributed by atoms with E-state index in [0.29, 0.717) is 23.0 Å².